The lowest BCUT2D eigenvalue weighted by molar-refractivity contribution is 0.407. The van der Waals surface area contributed by atoms with Gasteiger partial charge in [-0.15, -0.1) is 0 Å². The number of phenolic OH excluding ortho intramolecular Hbond substituents is 1. The maximum atomic E-state index is 10.5. The van der Waals surface area contributed by atoms with Crippen LogP contribution in [0.25, 0.3) is 33.2 Å². The standard InChI is InChI=1S/C22H24N6O/c1-13-10-28(11-14(2)24-13)17-6-15-4-5-19(25-22(15)23-9-17)18-7-16-12-27(3)26-20(16)8-21(18)29/h4-9,12-14,24,29H,10-11H2,1-3H3/t13-,14-/m0/s1. The number of piperazine rings is 1. The van der Waals surface area contributed by atoms with E-state index in [1.54, 1.807) is 10.7 Å². The number of hydrogen-bond acceptors (Lipinski definition) is 6. The van der Waals surface area contributed by atoms with Gasteiger partial charge in [-0.2, -0.15) is 5.10 Å². The summed E-state index contributed by atoms with van der Waals surface area (Å²) >= 11 is 0. The Hall–Kier alpha value is -3.19. The Balaban J connectivity index is 1.52. The third-order valence-corrected chi connectivity index (χ3v) is 5.46. The molecule has 2 N–H and O–H groups in total. The van der Waals surface area contributed by atoms with Gasteiger partial charge < -0.3 is 15.3 Å². The first-order chi connectivity index (χ1) is 14.0. The van der Waals surface area contributed by atoms with Gasteiger partial charge in [0.1, 0.15) is 5.75 Å². The van der Waals surface area contributed by atoms with Gasteiger partial charge in [-0.3, -0.25) is 4.68 Å². The maximum absolute atomic E-state index is 10.5. The second-order valence-electron chi connectivity index (χ2n) is 8.04. The van der Waals surface area contributed by atoms with E-state index in [9.17, 15) is 5.11 Å². The van der Waals surface area contributed by atoms with Crippen LogP contribution in [0.2, 0.25) is 0 Å². The molecule has 7 nitrogen and oxygen atoms in total. The topological polar surface area (TPSA) is 79.1 Å². The van der Waals surface area contributed by atoms with Crippen LogP contribution in [-0.4, -0.2) is 50.0 Å². The molecule has 4 heterocycles. The minimum Gasteiger partial charge on any atom is -0.507 e. The molecule has 0 aliphatic carbocycles. The smallest absolute Gasteiger partial charge is 0.159 e. The van der Waals surface area contributed by atoms with Crippen LogP contribution in [0.5, 0.6) is 5.75 Å². The van der Waals surface area contributed by atoms with Crippen LogP contribution in [0.3, 0.4) is 0 Å². The lowest BCUT2D eigenvalue weighted by Crippen LogP contribution is -2.54. The summed E-state index contributed by atoms with van der Waals surface area (Å²) < 4.78 is 1.74. The maximum Gasteiger partial charge on any atom is 0.159 e. The first-order valence-electron chi connectivity index (χ1n) is 9.91. The first kappa shape index (κ1) is 17.9. The van der Waals surface area contributed by atoms with E-state index in [-0.39, 0.29) is 5.75 Å². The van der Waals surface area contributed by atoms with Crippen molar-refractivity contribution in [3.05, 3.63) is 42.7 Å². The highest BCUT2D eigenvalue weighted by Crippen LogP contribution is 2.33. The van der Waals surface area contributed by atoms with Crippen LogP contribution >= 0.6 is 0 Å². The molecule has 0 radical (unpaired) electrons. The zero-order valence-corrected chi connectivity index (χ0v) is 16.8. The number of nitrogens with one attached hydrogen (secondary N) is 1. The van der Waals surface area contributed by atoms with Gasteiger partial charge in [0.2, 0.25) is 0 Å². The van der Waals surface area contributed by atoms with Gasteiger partial charge in [0, 0.05) is 60.8 Å². The van der Waals surface area contributed by atoms with Crippen molar-refractivity contribution in [3.8, 4) is 17.0 Å². The highest BCUT2D eigenvalue weighted by molar-refractivity contribution is 5.89. The van der Waals surface area contributed by atoms with Crippen LogP contribution in [0.15, 0.2) is 42.7 Å². The van der Waals surface area contributed by atoms with E-state index in [2.05, 4.69) is 40.2 Å². The molecule has 3 aromatic heterocycles. The molecule has 0 bridgehead atoms. The van der Waals surface area contributed by atoms with Crippen molar-refractivity contribution in [1.82, 2.24) is 25.1 Å². The summed E-state index contributed by atoms with van der Waals surface area (Å²) in [7, 11) is 1.87. The van der Waals surface area contributed by atoms with E-state index in [0.717, 1.165) is 35.1 Å². The molecular formula is C22H24N6O. The fourth-order valence-electron chi connectivity index (χ4n) is 4.25. The highest BCUT2D eigenvalue weighted by Gasteiger charge is 2.21. The van der Waals surface area contributed by atoms with Gasteiger partial charge in [0.05, 0.1) is 23.1 Å². The quantitative estimate of drug-likeness (QED) is 0.549. The highest BCUT2D eigenvalue weighted by atomic mass is 16.3. The molecular weight excluding hydrogens is 364 g/mol. The first-order valence-corrected chi connectivity index (χ1v) is 9.91. The van der Waals surface area contributed by atoms with Gasteiger partial charge in [-0.25, -0.2) is 9.97 Å². The molecule has 1 fully saturated rings. The second-order valence-corrected chi connectivity index (χ2v) is 8.04. The van der Waals surface area contributed by atoms with Crippen LogP contribution in [0, 0.1) is 0 Å². The van der Waals surface area contributed by atoms with Gasteiger partial charge in [0.15, 0.2) is 5.65 Å². The Kier molecular flexibility index (Phi) is 4.13. The molecule has 0 amide bonds. The Morgan fingerprint density at radius 1 is 1.07 bits per heavy atom. The van der Waals surface area contributed by atoms with Crippen LogP contribution < -0.4 is 10.2 Å². The van der Waals surface area contributed by atoms with Crippen molar-refractivity contribution in [2.75, 3.05) is 18.0 Å². The molecule has 29 heavy (non-hydrogen) atoms. The summed E-state index contributed by atoms with van der Waals surface area (Å²) in [6.45, 7) is 6.33. The molecule has 7 heteroatoms. The molecule has 4 aromatic rings. The van der Waals surface area contributed by atoms with Gasteiger partial charge in [-0.05, 0) is 38.1 Å². The summed E-state index contributed by atoms with van der Waals surface area (Å²) in [6, 6.07) is 10.6. The average Bonchev–Trinajstić information content (AvgIpc) is 3.04. The molecule has 2 atom stereocenters. The summed E-state index contributed by atoms with van der Waals surface area (Å²) in [5, 5.41) is 20.3. The lowest BCUT2D eigenvalue weighted by Gasteiger charge is -2.37. The largest absolute Gasteiger partial charge is 0.507 e. The van der Waals surface area contributed by atoms with E-state index in [1.807, 2.05) is 37.6 Å². The van der Waals surface area contributed by atoms with Gasteiger partial charge >= 0.3 is 0 Å². The molecule has 0 saturated carbocycles. The predicted octanol–water partition coefficient (Wildman–Crippen LogP) is 3.08. The Bertz CT molecular complexity index is 1210. The Morgan fingerprint density at radius 2 is 1.86 bits per heavy atom. The van der Waals surface area contributed by atoms with Crippen molar-refractivity contribution in [2.24, 2.45) is 7.05 Å². The average molecular weight is 388 g/mol. The molecule has 0 unspecified atom stereocenters. The second kappa shape index (κ2) is 6.70. The zero-order valence-electron chi connectivity index (χ0n) is 16.8. The number of benzene rings is 1. The minimum atomic E-state index is 0.170. The Morgan fingerprint density at radius 3 is 2.66 bits per heavy atom. The molecule has 1 saturated heterocycles. The molecule has 1 aromatic carbocycles. The van der Waals surface area contributed by atoms with Crippen LogP contribution in [0.4, 0.5) is 5.69 Å². The van der Waals surface area contributed by atoms with Crippen molar-refractivity contribution in [2.45, 2.75) is 25.9 Å². The molecule has 148 valence electrons. The monoisotopic (exact) mass is 388 g/mol. The number of anilines is 1. The fraction of sp³-hybridized carbons (Fsp3) is 0.318. The molecule has 1 aliphatic rings. The van der Waals surface area contributed by atoms with E-state index in [4.69, 9.17) is 4.98 Å². The minimum absolute atomic E-state index is 0.170. The number of fused-ring (bicyclic) bond motifs is 2. The van der Waals surface area contributed by atoms with Crippen molar-refractivity contribution < 1.29 is 5.11 Å². The van der Waals surface area contributed by atoms with E-state index in [0.29, 0.717) is 29.0 Å². The number of rotatable bonds is 2. The molecule has 5 rings (SSSR count). The number of nitrogens with zero attached hydrogens (tertiary/aromatic N) is 5. The predicted molar refractivity (Wildman–Crippen MR) is 115 cm³/mol. The molecule has 1 aliphatic heterocycles. The van der Waals surface area contributed by atoms with E-state index >= 15 is 0 Å². The van der Waals surface area contributed by atoms with E-state index in [1.165, 1.54) is 0 Å². The number of aromatic hydroxyl groups is 1. The number of aryl methyl sites for hydroxylation is 1. The third-order valence-electron chi connectivity index (χ3n) is 5.46. The number of pyridine rings is 2. The van der Waals surface area contributed by atoms with Gasteiger partial charge in [-0.1, -0.05) is 0 Å². The van der Waals surface area contributed by atoms with Crippen LogP contribution in [-0.2, 0) is 7.05 Å². The normalized spacial score (nSPS) is 19.9. The van der Waals surface area contributed by atoms with Crippen molar-refractivity contribution >= 4 is 27.6 Å². The van der Waals surface area contributed by atoms with E-state index < -0.39 is 0 Å². The number of hydrogen-bond donors (Lipinski definition) is 2. The Labute approximate surface area is 169 Å². The number of aromatic nitrogens is 4. The SMILES string of the molecule is C[C@H]1CN(c2cnc3nc(-c4cc5cn(C)nc5cc4O)ccc3c2)C[C@H](C)N1. The summed E-state index contributed by atoms with van der Waals surface area (Å²) in [6.07, 6.45) is 3.83. The summed E-state index contributed by atoms with van der Waals surface area (Å²) in [5.41, 5.74) is 3.94. The number of phenols is 1. The van der Waals surface area contributed by atoms with Crippen molar-refractivity contribution in [1.29, 1.82) is 0 Å². The van der Waals surface area contributed by atoms with Gasteiger partial charge in [0.25, 0.3) is 0 Å². The molecule has 0 spiro atoms. The van der Waals surface area contributed by atoms with Crippen LogP contribution in [0.1, 0.15) is 13.8 Å². The summed E-state index contributed by atoms with van der Waals surface area (Å²) in [5.74, 6) is 0.170. The lowest BCUT2D eigenvalue weighted by atomic mass is 10.1. The fourth-order valence-corrected chi connectivity index (χ4v) is 4.25. The van der Waals surface area contributed by atoms with Crippen molar-refractivity contribution in [3.63, 3.8) is 0 Å². The zero-order chi connectivity index (χ0) is 20.1. The third kappa shape index (κ3) is 3.27. The summed E-state index contributed by atoms with van der Waals surface area (Å²) in [4.78, 5) is 11.7.